The van der Waals surface area contributed by atoms with Crippen molar-refractivity contribution in [3.63, 3.8) is 0 Å². The fraction of sp³-hybridized carbons (Fsp3) is 0.100. The summed E-state index contributed by atoms with van der Waals surface area (Å²) in [5.74, 6) is 0.542. The van der Waals surface area contributed by atoms with Crippen molar-refractivity contribution in [2.24, 2.45) is 0 Å². The molecule has 2 rings (SSSR count). The molecule has 0 saturated heterocycles. The Kier molecular flexibility index (Phi) is 3.18. The zero-order chi connectivity index (χ0) is 11.5. The number of halogens is 1. The third-order valence-corrected chi connectivity index (χ3v) is 3.09. The average molecular weight is 328 g/mol. The van der Waals surface area contributed by atoms with Crippen LogP contribution in [0.3, 0.4) is 0 Å². The van der Waals surface area contributed by atoms with E-state index in [9.17, 15) is 4.79 Å². The minimum absolute atomic E-state index is 0.153. The van der Waals surface area contributed by atoms with Crippen LogP contribution in [0.15, 0.2) is 29.6 Å². The van der Waals surface area contributed by atoms with Crippen LogP contribution in [0, 0.1) is 10.5 Å². The van der Waals surface area contributed by atoms with Gasteiger partial charge in [-0.1, -0.05) is 0 Å². The zero-order valence-electron chi connectivity index (χ0n) is 8.49. The fourth-order valence-corrected chi connectivity index (χ4v) is 1.62. The molecule has 0 aliphatic heterocycles. The molecule has 5 nitrogen and oxygen atoms in total. The van der Waals surface area contributed by atoms with Gasteiger partial charge < -0.3 is 10.3 Å². The zero-order valence-corrected chi connectivity index (χ0v) is 10.6. The van der Waals surface area contributed by atoms with Crippen molar-refractivity contribution in [3.05, 3.63) is 44.3 Å². The van der Waals surface area contributed by atoms with Gasteiger partial charge in [-0.2, -0.15) is 0 Å². The van der Waals surface area contributed by atoms with Gasteiger partial charge >= 0.3 is 0 Å². The highest BCUT2D eigenvalue weighted by Crippen LogP contribution is 2.19. The van der Waals surface area contributed by atoms with E-state index < -0.39 is 0 Å². The van der Waals surface area contributed by atoms with Crippen LogP contribution in [-0.2, 0) is 0 Å². The van der Waals surface area contributed by atoms with Gasteiger partial charge in [0.25, 0.3) is 5.56 Å². The maximum Gasteiger partial charge on any atom is 0.266 e. The van der Waals surface area contributed by atoms with Crippen LogP contribution in [0.2, 0.25) is 0 Å². The Morgan fingerprint density at radius 2 is 2.31 bits per heavy atom. The van der Waals surface area contributed by atoms with Crippen LogP contribution >= 0.6 is 22.6 Å². The number of rotatable bonds is 2. The molecular weight excluding hydrogens is 319 g/mol. The lowest BCUT2D eigenvalue weighted by Gasteiger charge is -2.08. The second-order valence-corrected chi connectivity index (χ2v) is 4.29. The Morgan fingerprint density at radius 1 is 1.50 bits per heavy atom. The molecule has 0 bridgehead atoms. The molecule has 16 heavy (non-hydrogen) atoms. The molecule has 0 spiro atoms. The van der Waals surface area contributed by atoms with E-state index in [1.54, 1.807) is 12.4 Å². The summed E-state index contributed by atoms with van der Waals surface area (Å²) in [6.45, 7) is 1.96. The molecule has 0 unspecified atom stereocenters. The molecule has 2 aromatic heterocycles. The van der Waals surface area contributed by atoms with Crippen molar-refractivity contribution in [1.29, 1.82) is 0 Å². The number of aromatic nitrogens is 3. The molecule has 0 aromatic carbocycles. The van der Waals surface area contributed by atoms with Gasteiger partial charge in [0, 0.05) is 6.20 Å². The highest BCUT2D eigenvalue weighted by molar-refractivity contribution is 14.1. The SMILES string of the molecule is Cc1ccncc1Nc1nc[nH]c(=O)c1I. The Balaban J connectivity index is 2.38. The number of anilines is 2. The molecule has 82 valence electrons. The first kappa shape index (κ1) is 11.1. The molecule has 0 radical (unpaired) electrons. The summed E-state index contributed by atoms with van der Waals surface area (Å²) in [5.41, 5.74) is 1.74. The van der Waals surface area contributed by atoms with Crippen molar-refractivity contribution < 1.29 is 0 Å². The van der Waals surface area contributed by atoms with Crippen LogP contribution in [0.25, 0.3) is 0 Å². The highest BCUT2D eigenvalue weighted by Gasteiger charge is 2.06. The van der Waals surface area contributed by atoms with Gasteiger partial charge in [-0.05, 0) is 41.1 Å². The van der Waals surface area contributed by atoms with E-state index in [0.29, 0.717) is 9.39 Å². The topological polar surface area (TPSA) is 70.7 Å². The molecule has 2 N–H and O–H groups in total. The molecule has 0 saturated carbocycles. The van der Waals surface area contributed by atoms with Gasteiger partial charge in [-0.25, -0.2) is 4.98 Å². The Bertz CT molecular complexity index is 567. The lowest BCUT2D eigenvalue weighted by molar-refractivity contribution is 1.10. The number of aryl methyl sites for hydroxylation is 1. The monoisotopic (exact) mass is 328 g/mol. The number of nitrogens with zero attached hydrogens (tertiary/aromatic N) is 2. The number of H-pyrrole nitrogens is 1. The van der Waals surface area contributed by atoms with Gasteiger partial charge in [0.05, 0.1) is 18.2 Å². The van der Waals surface area contributed by atoms with Gasteiger partial charge in [0.2, 0.25) is 0 Å². The number of hydrogen-bond acceptors (Lipinski definition) is 4. The van der Waals surface area contributed by atoms with Crippen LogP contribution < -0.4 is 10.9 Å². The van der Waals surface area contributed by atoms with E-state index in [-0.39, 0.29) is 5.56 Å². The summed E-state index contributed by atoms with van der Waals surface area (Å²) < 4.78 is 0.531. The molecule has 2 aromatic rings. The normalized spacial score (nSPS) is 10.1. The van der Waals surface area contributed by atoms with Crippen LogP contribution in [0.4, 0.5) is 11.5 Å². The first-order valence-corrected chi connectivity index (χ1v) is 5.67. The second kappa shape index (κ2) is 4.60. The molecule has 0 amide bonds. The van der Waals surface area contributed by atoms with E-state index in [2.05, 4.69) is 20.3 Å². The summed E-state index contributed by atoms with van der Waals surface area (Å²) in [6.07, 6.45) is 4.80. The van der Waals surface area contributed by atoms with E-state index in [4.69, 9.17) is 0 Å². The maximum absolute atomic E-state index is 11.4. The average Bonchev–Trinajstić information content (AvgIpc) is 2.28. The molecule has 2 heterocycles. The predicted octanol–water partition coefficient (Wildman–Crippen LogP) is 1.82. The molecule has 0 aliphatic carbocycles. The largest absolute Gasteiger partial charge is 0.338 e. The summed E-state index contributed by atoms with van der Waals surface area (Å²) in [6, 6.07) is 1.89. The van der Waals surface area contributed by atoms with Gasteiger partial charge in [0.15, 0.2) is 5.82 Å². The smallest absolute Gasteiger partial charge is 0.266 e. The van der Waals surface area contributed by atoms with Crippen LogP contribution in [-0.4, -0.2) is 15.0 Å². The Morgan fingerprint density at radius 3 is 3.06 bits per heavy atom. The number of nitrogens with one attached hydrogen (secondary N) is 2. The van der Waals surface area contributed by atoms with E-state index in [1.807, 2.05) is 35.6 Å². The van der Waals surface area contributed by atoms with Crippen molar-refractivity contribution >= 4 is 34.1 Å². The van der Waals surface area contributed by atoms with Gasteiger partial charge in [-0.15, -0.1) is 0 Å². The third kappa shape index (κ3) is 2.21. The third-order valence-electron chi connectivity index (χ3n) is 2.09. The minimum atomic E-state index is -0.153. The highest BCUT2D eigenvalue weighted by atomic mass is 127. The quantitative estimate of drug-likeness (QED) is 0.825. The fourth-order valence-electron chi connectivity index (χ4n) is 1.19. The minimum Gasteiger partial charge on any atom is -0.338 e. The second-order valence-electron chi connectivity index (χ2n) is 3.21. The van der Waals surface area contributed by atoms with E-state index in [0.717, 1.165) is 11.3 Å². The summed E-state index contributed by atoms with van der Waals surface area (Å²) in [7, 11) is 0. The molecular formula is C10H9IN4O. The number of hydrogen-bond donors (Lipinski definition) is 2. The van der Waals surface area contributed by atoms with Crippen molar-refractivity contribution in [3.8, 4) is 0 Å². The molecule has 6 heteroatoms. The van der Waals surface area contributed by atoms with Crippen molar-refractivity contribution in [2.75, 3.05) is 5.32 Å². The molecule has 0 fully saturated rings. The maximum atomic E-state index is 11.4. The molecule has 0 atom stereocenters. The lowest BCUT2D eigenvalue weighted by atomic mass is 10.2. The summed E-state index contributed by atoms with van der Waals surface area (Å²) >= 11 is 1.95. The van der Waals surface area contributed by atoms with Crippen LogP contribution in [0.1, 0.15) is 5.56 Å². The summed E-state index contributed by atoms with van der Waals surface area (Å²) in [4.78, 5) is 22.0. The first-order chi connectivity index (χ1) is 7.68. The Labute approximate surface area is 105 Å². The standard InChI is InChI=1S/C10H9IN4O/c1-6-2-3-12-4-7(6)15-9-8(11)10(16)14-5-13-9/h2-5H,1H3,(H2,13,14,15,16). The van der Waals surface area contributed by atoms with Crippen LogP contribution in [0.5, 0.6) is 0 Å². The predicted molar refractivity (Wildman–Crippen MR) is 69.8 cm³/mol. The van der Waals surface area contributed by atoms with E-state index >= 15 is 0 Å². The Hall–Kier alpha value is -1.44. The van der Waals surface area contributed by atoms with Crippen molar-refractivity contribution in [2.45, 2.75) is 6.92 Å². The molecule has 0 aliphatic rings. The first-order valence-electron chi connectivity index (χ1n) is 4.59. The van der Waals surface area contributed by atoms with Gasteiger partial charge in [0.1, 0.15) is 3.57 Å². The summed E-state index contributed by atoms with van der Waals surface area (Å²) in [5, 5.41) is 3.08. The number of aromatic amines is 1. The number of pyridine rings is 1. The van der Waals surface area contributed by atoms with E-state index in [1.165, 1.54) is 6.33 Å². The van der Waals surface area contributed by atoms with Crippen molar-refractivity contribution in [1.82, 2.24) is 15.0 Å². The van der Waals surface area contributed by atoms with Gasteiger partial charge in [-0.3, -0.25) is 9.78 Å². The lowest BCUT2D eigenvalue weighted by Crippen LogP contribution is -2.13.